The summed E-state index contributed by atoms with van der Waals surface area (Å²) in [5.74, 6) is 2.18. The van der Waals surface area contributed by atoms with Crippen molar-refractivity contribution in [3.8, 4) is 17.2 Å². The lowest BCUT2D eigenvalue weighted by Crippen LogP contribution is -2.33. The fraction of sp³-hybridized carbons (Fsp3) is 0.368. The average Bonchev–Trinajstić information content (AvgIpc) is 2.64. The highest BCUT2D eigenvalue weighted by molar-refractivity contribution is 14.1. The van der Waals surface area contributed by atoms with Gasteiger partial charge in [-0.2, -0.15) is 0 Å². The van der Waals surface area contributed by atoms with Gasteiger partial charge in [-0.3, -0.25) is 0 Å². The zero-order valence-corrected chi connectivity index (χ0v) is 16.8. The van der Waals surface area contributed by atoms with Crippen LogP contribution in [-0.4, -0.2) is 38.6 Å². The monoisotopic (exact) mass is 457 g/mol. The maximum atomic E-state index is 10.1. The van der Waals surface area contributed by atoms with Gasteiger partial charge in [0.2, 0.25) is 0 Å². The Morgan fingerprint density at radius 1 is 1.04 bits per heavy atom. The van der Waals surface area contributed by atoms with Crippen molar-refractivity contribution < 1.29 is 19.3 Å². The molecule has 2 atom stereocenters. The molecule has 0 aliphatic carbocycles. The van der Waals surface area contributed by atoms with E-state index >= 15 is 0 Å². The molecule has 0 aliphatic heterocycles. The molecule has 0 radical (unpaired) electrons. The molecule has 0 saturated heterocycles. The van der Waals surface area contributed by atoms with Crippen LogP contribution < -0.4 is 19.5 Å². The standard InChI is InChI=1S/C19H24INO4/c1-13(14-8-9-18(23-2)19(10-14)24-3)21-11-15(22)12-25-17-7-5-4-6-16(17)20/h4-10,13,15,21-22H,11-12H2,1-3H3. The number of methoxy groups -OCH3 is 2. The van der Waals surface area contributed by atoms with E-state index in [0.29, 0.717) is 18.0 Å². The maximum absolute atomic E-state index is 10.1. The normalized spacial score (nSPS) is 13.2. The van der Waals surface area contributed by atoms with Crippen LogP contribution in [0.1, 0.15) is 18.5 Å². The number of aliphatic hydroxyl groups excluding tert-OH is 1. The average molecular weight is 457 g/mol. The Morgan fingerprint density at radius 2 is 1.76 bits per heavy atom. The van der Waals surface area contributed by atoms with Gasteiger partial charge in [0.15, 0.2) is 11.5 Å². The Balaban J connectivity index is 1.84. The van der Waals surface area contributed by atoms with E-state index in [1.54, 1.807) is 14.2 Å². The van der Waals surface area contributed by atoms with Gasteiger partial charge in [-0.15, -0.1) is 0 Å². The van der Waals surface area contributed by atoms with Crippen molar-refractivity contribution in [3.63, 3.8) is 0 Å². The molecule has 0 saturated carbocycles. The molecule has 6 heteroatoms. The molecule has 136 valence electrons. The molecule has 25 heavy (non-hydrogen) atoms. The summed E-state index contributed by atoms with van der Waals surface area (Å²) in [6.45, 7) is 2.71. The Hall–Kier alpha value is -1.51. The predicted molar refractivity (Wildman–Crippen MR) is 107 cm³/mol. The summed E-state index contributed by atoms with van der Waals surface area (Å²) in [6.07, 6.45) is -0.599. The Bertz CT molecular complexity index is 680. The Labute approximate surface area is 162 Å². The molecule has 2 aromatic carbocycles. The van der Waals surface area contributed by atoms with Crippen LogP contribution >= 0.6 is 22.6 Å². The molecule has 0 spiro atoms. The summed E-state index contributed by atoms with van der Waals surface area (Å²) in [6, 6.07) is 13.6. The van der Waals surface area contributed by atoms with Crippen LogP contribution in [0.2, 0.25) is 0 Å². The predicted octanol–water partition coefficient (Wildman–Crippen LogP) is 3.40. The van der Waals surface area contributed by atoms with Gasteiger partial charge in [-0.25, -0.2) is 0 Å². The van der Waals surface area contributed by atoms with Crippen molar-refractivity contribution in [1.82, 2.24) is 5.32 Å². The number of hydrogen-bond acceptors (Lipinski definition) is 5. The van der Waals surface area contributed by atoms with Crippen LogP contribution in [0, 0.1) is 3.57 Å². The number of para-hydroxylation sites is 1. The summed E-state index contributed by atoms with van der Waals surface area (Å²) >= 11 is 2.21. The van der Waals surface area contributed by atoms with E-state index in [0.717, 1.165) is 14.9 Å². The highest BCUT2D eigenvalue weighted by Gasteiger charge is 2.12. The van der Waals surface area contributed by atoms with E-state index in [1.807, 2.05) is 49.4 Å². The maximum Gasteiger partial charge on any atom is 0.161 e. The van der Waals surface area contributed by atoms with Crippen molar-refractivity contribution in [3.05, 3.63) is 51.6 Å². The highest BCUT2D eigenvalue weighted by atomic mass is 127. The second kappa shape index (κ2) is 9.84. The second-order valence-electron chi connectivity index (χ2n) is 5.64. The molecule has 0 aromatic heterocycles. The van der Waals surface area contributed by atoms with Gasteiger partial charge >= 0.3 is 0 Å². The van der Waals surface area contributed by atoms with E-state index in [9.17, 15) is 5.11 Å². The molecule has 0 fully saturated rings. The number of nitrogens with one attached hydrogen (secondary N) is 1. The summed E-state index contributed by atoms with van der Waals surface area (Å²) in [7, 11) is 3.23. The first kappa shape index (κ1) is 19.8. The van der Waals surface area contributed by atoms with Crippen LogP contribution in [0.25, 0.3) is 0 Å². The minimum Gasteiger partial charge on any atom is -0.493 e. The minimum atomic E-state index is -0.599. The molecule has 0 amide bonds. The van der Waals surface area contributed by atoms with Gasteiger partial charge in [0.05, 0.1) is 17.8 Å². The number of rotatable bonds is 9. The number of aliphatic hydroxyl groups is 1. The number of benzene rings is 2. The van der Waals surface area contributed by atoms with E-state index in [4.69, 9.17) is 14.2 Å². The van der Waals surface area contributed by atoms with Crippen molar-refractivity contribution in [2.24, 2.45) is 0 Å². The summed E-state index contributed by atoms with van der Waals surface area (Å²) < 4.78 is 17.3. The molecule has 2 N–H and O–H groups in total. The van der Waals surface area contributed by atoms with Gasteiger partial charge in [-0.1, -0.05) is 18.2 Å². The highest BCUT2D eigenvalue weighted by Crippen LogP contribution is 2.29. The van der Waals surface area contributed by atoms with E-state index in [2.05, 4.69) is 27.9 Å². The lowest BCUT2D eigenvalue weighted by Gasteiger charge is -2.19. The van der Waals surface area contributed by atoms with Crippen LogP contribution in [-0.2, 0) is 0 Å². The summed E-state index contributed by atoms with van der Waals surface area (Å²) in [4.78, 5) is 0. The molecule has 5 nitrogen and oxygen atoms in total. The van der Waals surface area contributed by atoms with Crippen molar-refractivity contribution in [2.75, 3.05) is 27.4 Å². The molecule has 2 aromatic rings. The first-order valence-electron chi connectivity index (χ1n) is 8.05. The van der Waals surface area contributed by atoms with Crippen LogP contribution in [0.15, 0.2) is 42.5 Å². The molecular formula is C19H24INO4. The lowest BCUT2D eigenvalue weighted by molar-refractivity contribution is 0.103. The first-order chi connectivity index (χ1) is 12.0. The van der Waals surface area contributed by atoms with Crippen LogP contribution in [0.3, 0.4) is 0 Å². The van der Waals surface area contributed by atoms with Gasteiger partial charge < -0.3 is 24.6 Å². The third-order valence-corrected chi connectivity index (χ3v) is 4.73. The SMILES string of the molecule is COc1ccc(C(C)NCC(O)COc2ccccc2I)cc1OC. The zero-order chi connectivity index (χ0) is 18.2. The summed E-state index contributed by atoms with van der Waals surface area (Å²) in [5, 5.41) is 13.5. The number of ether oxygens (including phenoxy) is 3. The second-order valence-corrected chi connectivity index (χ2v) is 6.80. The minimum absolute atomic E-state index is 0.0614. The Kier molecular flexibility index (Phi) is 7.80. The van der Waals surface area contributed by atoms with E-state index in [-0.39, 0.29) is 12.6 Å². The van der Waals surface area contributed by atoms with Gasteiger partial charge in [0.1, 0.15) is 18.5 Å². The molecular weight excluding hydrogens is 433 g/mol. The molecule has 2 unspecified atom stereocenters. The first-order valence-corrected chi connectivity index (χ1v) is 9.13. The van der Waals surface area contributed by atoms with E-state index < -0.39 is 6.10 Å². The smallest absolute Gasteiger partial charge is 0.161 e. The third-order valence-electron chi connectivity index (χ3n) is 3.84. The topological polar surface area (TPSA) is 60.0 Å². The third kappa shape index (κ3) is 5.76. The lowest BCUT2D eigenvalue weighted by atomic mass is 10.1. The van der Waals surface area contributed by atoms with E-state index in [1.165, 1.54) is 0 Å². The quantitative estimate of drug-likeness (QED) is 0.566. The summed E-state index contributed by atoms with van der Waals surface area (Å²) in [5.41, 5.74) is 1.06. The zero-order valence-electron chi connectivity index (χ0n) is 14.7. The number of hydrogen-bond donors (Lipinski definition) is 2. The van der Waals surface area contributed by atoms with Crippen molar-refractivity contribution >= 4 is 22.6 Å². The van der Waals surface area contributed by atoms with Crippen molar-refractivity contribution in [2.45, 2.75) is 19.1 Å². The fourth-order valence-electron chi connectivity index (χ4n) is 2.36. The number of halogens is 1. The van der Waals surface area contributed by atoms with Gasteiger partial charge in [0.25, 0.3) is 0 Å². The fourth-order valence-corrected chi connectivity index (χ4v) is 2.90. The van der Waals surface area contributed by atoms with Gasteiger partial charge in [0, 0.05) is 12.6 Å². The van der Waals surface area contributed by atoms with Crippen LogP contribution in [0.5, 0.6) is 17.2 Å². The van der Waals surface area contributed by atoms with Gasteiger partial charge in [-0.05, 0) is 59.3 Å². The molecule has 2 rings (SSSR count). The Morgan fingerprint density at radius 3 is 2.44 bits per heavy atom. The van der Waals surface area contributed by atoms with Crippen LogP contribution in [0.4, 0.5) is 0 Å². The molecule has 0 bridgehead atoms. The van der Waals surface area contributed by atoms with Crippen molar-refractivity contribution in [1.29, 1.82) is 0 Å². The molecule has 0 aliphatic rings. The largest absolute Gasteiger partial charge is 0.493 e. The molecule has 0 heterocycles.